The quantitative estimate of drug-likeness (QED) is 0.291. The monoisotopic (exact) mass is 532 g/mol. The summed E-state index contributed by atoms with van der Waals surface area (Å²) in [6, 6.07) is 8.78. The van der Waals surface area contributed by atoms with Crippen molar-refractivity contribution >= 4 is 23.3 Å². The van der Waals surface area contributed by atoms with E-state index in [1.54, 1.807) is 44.4 Å². The number of aliphatic hydroxyl groups excluding tert-OH is 2. The summed E-state index contributed by atoms with van der Waals surface area (Å²) in [7, 11) is 3.15. The van der Waals surface area contributed by atoms with Crippen molar-refractivity contribution in [2.45, 2.75) is 31.4 Å². The highest BCUT2D eigenvalue weighted by atomic mass is 16.3. The van der Waals surface area contributed by atoms with Gasteiger partial charge < -0.3 is 26.2 Å². The van der Waals surface area contributed by atoms with Crippen molar-refractivity contribution in [1.82, 2.24) is 4.90 Å². The molecule has 2 aromatic carbocycles. The first-order valence-corrected chi connectivity index (χ1v) is 12.4. The van der Waals surface area contributed by atoms with Gasteiger partial charge in [-0.1, -0.05) is 24.3 Å². The Bertz CT molecular complexity index is 1550. The summed E-state index contributed by atoms with van der Waals surface area (Å²) in [6.45, 7) is 1.44. The Hall–Kier alpha value is -4.28. The second kappa shape index (κ2) is 8.89. The summed E-state index contributed by atoms with van der Waals surface area (Å²) in [5, 5.41) is 44.6. The number of hydrogen-bond donors (Lipinski definition) is 5. The maximum Gasteiger partial charge on any atom is 0.255 e. The molecule has 0 saturated heterocycles. The molecule has 0 heterocycles. The van der Waals surface area contributed by atoms with E-state index in [-0.39, 0.29) is 35.5 Å². The number of hydrogen-bond acceptors (Lipinski definition) is 9. The third-order valence-corrected chi connectivity index (χ3v) is 8.19. The molecule has 0 aliphatic heterocycles. The maximum atomic E-state index is 13.8. The molecule has 2 aromatic rings. The van der Waals surface area contributed by atoms with E-state index in [4.69, 9.17) is 5.73 Å². The number of amides is 1. The van der Waals surface area contributed by atoms with Gasteiger partial charge in [0.15, 0.2) is 17.2 Å². The Morgan fingerprint density at radius 2 is 1.77 bits per heavy atom. The fourth-order valence-electron chi connectivity index (χ4n) is 6.43. The molecule has 10 heteroatoms. The number of benzene rings is 2. The van der Waals surface area contributed by atoms with Gasteiger partial charge in [0.25, 0.3) is 5.91 Å². The summed E-state index contributed by atoms with van der Waals surface area (Å²) >= 11 is 0. The molecule has 5 rings (SSSR count). The van der Waals surface area contributed by atoms with Crippen molar-refractivity contribution in [2.75, 3.05) is 14.1 Å². The number of allylic oxidation sites excluding steroid dienone is 1. The van der Waals surface area contributed by atoms with Crippen LogP contribution >= 0.6 is 0 Å². The number of carbonyl (C=O) groups is 4. The minimum absolute atomic E-state index is 0.00561. The number of primary amides is 1. The van der Waals surface area contributed by atoms with Crippen LogP contribution in [0.15, 0.2) is 59.1 Å². The average Bonchev–Trinajstić information content (AvgIpc) is 2.86. The molecular weight excluding hydrogens is 504 g/mol. The predicted molar refractivity (Wildman–Crippen MR) is 139 cm³/mol. The molecule has 0 fully saturated rings. The van der Waals surface area contributed by atoms with Crippen LogP contribution in [0.4, 0.5) is 0 Å². The Kier molecular flexibility index (Phi) is 6.00. The lowest BCUT2D eigenvalue weighted by molar-refractivity contribution is -0.148. The van der Waals surface area contributed by atoms with Crippen molar-refractivity contribution in [3.63, 3.8) is 0 Å². The van der Waals surface area contributed by atoms with Crippen LogP contribution in [0, 0.1) is 11.8 Å². The van der Waals surface area contributed by atoms with E-state index in [0.29, 0.717) is 22.3 Å². The van der Waals surface area contributed by atoms with Crippen molar-refractivity contribution in [1.29, 1.82) is 0 Å². The van der Waals surface area contributed by atoms with E-state index in [1.165, 1.54) is 17.9 Å². The highest BCUT2D eigenvalue weighted by molar-refractivity contribution is 6.25. The van der Waals surface area contributed by atoms with E-state index >= 15 is 0 Å². The molecule has 4 unspecified atom stereocenters. The molecular formula is C29H28N2O8. The number of rotatable bonds is 4. The van der Waals surface area contributed by atoms with Crippen LogP contribution in [-0.4, -0.2) is 74.3 Å². The first-order chi connectivity index (χ1) is 18.3. The number of fused-ring (bicyclic) bond motifs is 3. The smallest absolute Gasteiger partial charge is 0.255 e. The molecule has 0 aromatic heterocycles. The lowest BCUT2D eigenvalue weighted by atomic mass is 9.58. The van der Waals surface area contributed by atoms with Gasteiger partial charge >= 0.3 is 0 Å². The second-order valence-electron chi connectivity index (χ2n) is 10.6. The summed E-state index contributed by atoms with van der Waals surface area (Å²) in [5.74, 6) is -7.12. The Morgan fingerprint density at radius 1 is 1.08 bits per heavy atom. The third-order valence-electron chi connectivity index (χ3n) is 8.19. The zero-order valence-electron chi connectivity index (χ0n) is 21.6. The van der Waals surface area contributed by atoms with Gasteiger partial charge in [0, 0.05) is 17.1 Å². The lowest BCUT2D eigenvalue weighted by Gasteiger charge is -2.50. The topological polar surface area (TPSA) is 178 Å². The molecule has 0 spiro atoms. The van der Waals surface area contributed by atoms with Gasteiger partial charge in [-0.15, -0.1) is 0 Å². The lowest BCUT2D eigenvalue weighted by Crippen LogP contribution is -2.63. The molecule has 6 N–H and O–H groups in total. The van der Waals surface area contributed by atoms with Gasteiger partial charge in [0.05, 0.1) is 11.6 Å². The SMILES string of the molecule is CC(=O)c1cccc(-c2ccc(O)c3c2CC2CC4C(N(C)C)C(O)=C(C(N)=O)C(=O)C4(O)C(O)=C2C3=O)c1. The van der Waals surface area contributed by atoms with Gasteiger partial charge in [-0.05, 0) is 68.6 Å². The Morgan fingerprint density at radius 3 is 2.38 bits per heavy atom. The molecule has 4 atom stereocenters. The Balaban J connectivity index is 1.72. The van der Waals surface area contributed by atoms with Crippen LogP contribution in [0.2, 0.25) is 0 Å². The van der Waals surface area contributed by atoms with E-state index < -0.39 is 58.0 Å². The van der Waals surface area contributed by atoms with Gasteiger partial charge in [-0.2, -0.15) is 0 Å². The van der Waals surface area contributed by atoms with Gasteiger partial charge in [-0.25, -0.2) is 0 Å². The minimum atomic E-state index is -2.69. The number of phenols is 1. The zero-order valence-corrected chi connectivity index (χ0v) is 21.6. The summed E-state index contributed by atoms with van der Waals surface area (Å²) in [4.78, 5) is 52.8. The van der Waals surface area contributed by atoms with Crippen LogP contribution in [0.25, 0.3) is 11.1 Å². The molecule has 1 amide bonds. The number of aliphatic hydroxyl groups is 3. The van der Waals surface area contributed by atoms with E-state index in [2.05, 4.69) is 0 Å². The van der Waals surface area contributed by atoms with Crippen molar-refractivity contribution < 1.29 is 39.6 Å². The van der Waals surface area contributed by atoms with Gasteiger partial charge in [-0.3, -0.25) is 24.1 Å². The first kappa shape index (κ1) is 26.3. The van der Waals surface area contributed by atoms with Crippen LogP contribution < -0.4 is 5.73 Å². The molecule has 202 valence electrons. The number of carbonyl (C=O) groups excluding carboxylic acids is 4. The normalized spacial score (nSPS) is 26.3. The van der Waals surface area contributed by atoms with Gasteiger partial charge in [0.2, 0.25) is 5.78 Å². The molecule has 0 saturated carbocycles. The number of Topliss-reactive ketones (excluding diaryl/α,β-unsaturated/α-hetero) is 3. The summed E-state index contributed by atoms with van der Waals surface area (Å²) in [5.41, 5.74) is 3.75. The third kappa shape index (κ3) is 3.63. The zero-order chi connectivity index (χ0) is 28.5. The summed E-state index contributed by atoms with van der Waals surface area (Å²) < 4.78 is 0. The fourth-order valence-corrected chi connectivity index (χ4v) is 6.43. The Labute approximate surface area is 223 Å². The first-order valence-electron chi connectivity index (χ1n) is 12.4. The number of aromatic hydroxyl groups is 1. The van der Waals surface area contributed by atoms with E-state index in [9.17, 15) is 39.6 Å². The molecule has 39 heavy (non-hydrogen) atoms. The largest absolute Gasteiger partial charge is 0.510 e. The summed E-state index contributed by atoms with van der Waals surface area (Å²) in [6.07, 6.45) is 0.150. The number of ketones is 3. The molecule has 0 bridgehead atoms. The molecule has 10 nitrogen and oxygen atoms in total. The number of nitrogens with two attached hydrogens (primary N) is 1. The molecule has 0 radical (unpaired) electrons. The molecule has 3 aliphatic carbocycles. The van der Waals surface area contributed by atoms with Crippen LogP contribution in [0.3, 0.4) is 0 Å². The molecule has 3 aliphatic rings. The highest BCUT2D eigenvalue weighted by Gasteiger charge is 2.63. The van der Waals surface area contributed by atoms with Crippen molar-refractivity contribution in [2.24, 2.45) is 17.6 Å². The van der Waals surface area contributed by atoms with Crippen LogP contribution in [0.5, 0.6) is 5.75 Å². The predicted octanol–water partition coefficient (Wildman–Crippen LogP) is 1.99. The van der Waals surface area contributed by atoms with Crippen LogP contribution in [-0.2, 0) is 16.0 Å². The van der Waals surface area contributed by atoms with Gasteiger partial charge in [0.1, 0.15) is 22.8 Å². The average molecular weight is 533 g/mol. The maximum absolute atomic E-state index is 13.8. The number of likely N-dealkylation sites (N-methyl/N-ethyl adjacent to an activating group) is 1. The highest BCUT2D eigenvalue weighted by Crippen LogP contribution is 2.53. The van der Waals surface area contributed by atoms with Crippen molar-refractivity contribution in [3.8, 4) is 16.9 Å². The van der Waals surface area contributed by atoms with Crippen LogP contribution in [0.1, 0.15) is 39.6 Å². The fraction of sp³-hybridized carbons (Fsp3) is 0.310. The van der Waals surface area contributed by atoms with Crippen molar-refractivity contribution in [3.05, 3.63) is 75.8 Å². The van der Waals surface area contributed by atoms with E-state index in [0.717, 1.165) is 0 Å². The second-order valence-corrected chi connectivity index (χ2v) is 10.6. The number of phenolic OH excluding ortho intramolecular Hbond substituents is 1. The standard InChI is InChI=1S/C29H28N2O8/c1-12(32)13-5-4-6-14(9-13)16-7-8-19(33)21-17(16)10-15-11-18-23(31(2)3)25(35)22(28(30)38)27(37)29(18,39)26(36)20(15)24(21)34/h4-9,15,18,23,33,35-36,39H,10-11H2,1-3H3,(H2,30,38). The van der Waals surface area contributed by atoms with E-state index in [1.807, 2.05) is 0 Å². The number of nitrogens with zero attached hydrogens (tertiary/aromatic N) is 1. The minimum Gasteiger partial charge on any atom is -0.510 e.